The number of aromatic nitrogens is 2. The molecule has 0 amide bonds. The molecule has 3 aliphatic rings. The molecule has 6 rings (SSSR count). The molecule has 0 unspecified atom stereocenters. The van der Waals surface area contributed by atoms with Gasteiger partial charge >= 0.3 is 5.97 Å². The summed E-state index contributed by atoms with van der Waals surface area (Å²) in [6.07, 6.45) is 8.90. The highest BCUT2D eigenvalue weighted by Crippen LogP contribution is 2.43. The van der Waals surface area contributed by atoms with Gasteiger partial charge in [0, 0.05) is 66.8 Å². The molecule has 2 N–H and O–H groups in total. The zero-order valence-corrected chi connectivity index (χ0v) is 19.1. The van der Waals surface area contributed by atoms with Crippen molar-refractivity contribution < 1.29 is 9.90 Å². The van der Waals surface area contributed by atoms with Gasteiger partial charge in [-0.05, 0) is 55.4 Å². The van der Waals surface area contributed by atoms with Crippen molar-refractivity contribution in [1.82, 2.24) is 14.9 Å². The van der Waals surface area contributed by atoms with E-state index in [0.717, 1.165) is 57.4 Å². The van der Waals surface area contributed by atoms with Crippen LogP contribution in [-0.2, 0) is 11.3 Å². The molecule has 0 saturated heterocycles. The third-order valence-corrected chi connectivity index (χ3v) is 7.92. The molecule has 4 heterocycles. The van der Waals surface area contributed by atoms with Crippen molar-refractivity contribution in [3.63, 3.8) is 0 Å². The third-order valence-electron chi connectivity index (χ3n) is 7.92. The summed E-state index contributed by atoms with van der Waals surface area (Å²) >= 11 is 0. The van der Waals surface area contributed by atoms with Crippen LogP contribution in [0.4, 0.5) is 5.69 Å². The topological polar surface area (TPSA) is 72.5 Å². The third kappa shape index (κ3) is 3.44. The fraction of sp³-hybridized carbons (Fsp3) is 0.407. The highest BCUT2D eigenvalue weighted by Gasteiger charge is 2.31. The van der Waals surface area contributed by atoms with E-state index >= 15 is 0 Å². The predicted octanol–water partition coefficient (Wildman–Crippen LogP) is 4.91. The van der Waals surface area contributed by atoms with Crippen LogP contribution in [0.3, 0.4) is 0 Å². The first-order chi connectivity index (χ1) is 16.1. The molecule has 0 atom stereocenters. The van der Waals surface area contributed by atoms with Gasteiger partial charge in [-0.3, -0.25) is 9.69 Å². The van der Waals surface area contributed by atoms with E-state index in [1.54, 1.807) is 0 Å². The molecular weight excluding hydrogens is 412 g/mol. The average molecular weight is 443 g/mol. The number of hydrogen-bond acceptors (Lipinski definition) is 4. The lowest BCUT2D eigenvalue weighted by Crippen LogP contribution is -2.41. The molecule has 0 bridgehead atoms. The average Bonchev–Trinajstić information content (AvgIpc) is 3.16. The number of fused-ring (bicyclic) bond motifs is 2. The number of rotatable bonds is 3. The first-order valence-corrected chi connectivity index (χ1v) is 12.1. The fourth-order valence-corrected chi connectivity index (χ4v) is 6.13. The molecule has 0 spiro atoms. The Kier molecular flexibility index (Phi) is 4.98. The van der Waals surface area contributed by atoms with Crippen molar-refractivity contribution in [2.24, 2.45) is 5.92 Å². The van der Waals surface area contributed by atoms with Gasteiger partial charge in [-0.25, -0.2) is 4.98 Å². The number of carboxylic acids is 1. The number of nitrogens with one attached hydrogen (secondary N) is 1. The van der Waals surface area contributed by atoms with Crippen LogP contribution in [0, 0.1) is 5.92 Å². The number of carbonyl (C=O) groups is 1. The van der Waals surface area contributed by atoms with E-state index in [1.165, 1.54) is 39.0 Å². The first-order valence-electron chi connectivity index (χ1n) is 12.1. The molecule has 1 fully saturated rings. The Hall–Kier alpha value is -3.12. The summed E-state index contributed by atoms with van der Waals surface area (Å²) in [6.45, 7) is 2.81. The maximum absolute atomic E-state index is 11.3. The SMILES string of the molecule is CN1Cc2c(C3=CCN(C4CCC(C(=O)O)CC4)CC3)[nH]c3nccc(c23)-c2ccccc21. The van der Waals surface area contributed by atoms with Gasteiger partial charge in [-0.15, -0.1) is 0 Å². The number of aliphatic carboxylic acids is 1. The van der Waals surface area contributed by atoms with Crippen molar-refractivity contribution in [1.29, 1.82) is 0 Å². The highest BCUT2D eigenvalue weighted by molar-refractivity contribution is 6.02. The Morgan fingerprint density at radius 3 is 2.70 bits per heavy atom. The van der Waals surface area contributed by atoms with Crippen LogP contribution < -0.4 is 4.90 Å². The number of para-hydroxylation sites is 1. The summed E-state index contributed by atoms with van der Waals surface area (Å²) in [4.78, 5) is 24.5. The molecular formula is C27H30N4O2. The molecule has 2 aliphatic heterocycles. The monoisotopic (exact) mass is 442 g/mol. The van der Waals surface area contributed by atoms with Crippen LogP contribution in [0.1, 0.15) is 43.4 Å². The Balaban J connectivity index is 1.30. The van der Waals surface area contributed by atoms with Crippen molar-refractivity contribution >= 4 is 28.3 Å². The van der Waals surface area contributed by atoms with Crippen molar-refractivity contribution in [3.05, 3.63) is 53.9 Å². The Labute approximate surface area is 193 Å². The number of H-pyrrole nitrogens is 1. The smallest absolute Gasteiger partial charge is 0.306 e. The van der Waals surface area contributed by atoms with Crippen LogP contribution in [0.15, 0.2) is 42.6 Å². The fourth-order valence-electron chi connectivity index (χ4n) is 6.13. The van der Waals surface area contributed by atoms with Crippen LogP contribution in [-0.4, -0.2) is 52.1 Å². The summed E-state index contributed by atoms with van der Waals surface area (Å²) in [5.74, 6) is -0.776. The predicted molar refractivity (Wildman–Crippen MR) is 131 cm³/mol. The van der Waals surface area contributed by atoms with Crippen LogP contribution in [0.2, 0.25) is 0 Å². The number of carboxylic acid groups (broad SMARTS) is 1. The maximum atomic E-state index is 11.3. The molecule has 33 heavy (non-hydrogen) atoms. The van der Waals surface area contributed by atoms with Crippen molar-refractivity contribution in [2.75, 3.05) is 25.0 Å². The van der Waals surface area contributed by atoms with Gasteiger partial charge in [-0.2, -0.15) is 0 Å². The summed E-state index contributed by atoms with van der Waals surface area (Å²) in [5, 5.41) is 10.5. The van der Waals surface area contributed by atoms with E-state index in [4.69, 9.17) is 0 Å². The van der Waals surface area contributed by atoms with Crippen molar-refractivity contribution in [2.45, 2.75) is 44.7 Å². The quantitative estimate of drug-likeness (QED) is 0.603. The van der Waals surface area contributed by atoms with Crippen LogP contribution in [0.5, 0.6) is 0 Å². The first kappa shape index (κ1) is 20.5. The number of aromatic amines is 1. The van der Waals surface area contributed by atoms with E-state index in [9.17, 15) is 9.90 Å². The normalized spacial score (nSPS) is 23.2. The summed E-state index contributed by atoms with van der Waals surface area (Å²) in [5.41, 5.74) is 8.70. The van der Waals surface area contributed by atoms with Gasteiger partial charge in [-0.1, -0.05) is 24.3 Å². The Bertz CT molecular complexity index is 1250. The standard InChI is InChI=1S/C27H30N4O2/c1-30-16-22-24-21(20-4-2-3-5-23(20)30)10-13-28-26(24)29-25(22)17-11-14-31(15-12-17)19-8-6-18(7-9-19)27(32)33/h2-5,10-11,13,18-19H,6-9,12,14-16H2,1H3,(H,28,29)(H,32,33). The minimum Gasteiger partial charge on any atom is -0.481 e. The number of nitrogens with zero attached hydrogens (tertiary/aromatic N) is 3. The summed E-state index contributed by atoms with van der Waals surface area (Å²) in [7, 11) is 2.17. The minimum atomic E-state index is -0.627. The van der Waals surface area contributed by atoms with Gasteiger partial charge in [0.1, 0.15) is 5.65 Å². The van der Waals surface area contributed by atoms with E-state index in [1.807, 2.05) is 6.20 Å². The largest absolute Gasteiger partial charge is 0.481 e. The zero-order valence-electron chi connectivity index (χ0n) is 19.1. The zero-order chi connectivity index (χ0) is 22.5. The molecule has 6 heteroatoms. The number of benzene rings is 1. The van der Waals surface area contributed by atoms with E-state index in [0.29, 0.717) is 6.04 Å². The molecule has 6 nitrogen and oxygen atoms in total. The molecule has 1 aliphatic carbocycles. The highest BCUT2D eigenvalue weighted by atomic mass is 16.4. The van der Waals surface area contributed by atoms with Gasteiger partial charge in [0.25, 0.3) is 0 Å². The second kappa shape index (κ2) is 8.03. The molecule has 1 aromatic carbocycles. The summed E-state index contributed by atoms with van der Waals surface area (Å²) in [6, 6.07) is 11.3. The molecule has 2 aromatic heterocycles. The van der Waals surface area contributed by atoms with E-state index in [2.05, 4.69) is 63.2 Å². The van der Waals surface area contributed by atoms with Gasteiger partial charge < -0.3 is 15.0 Å². The molecule has 1 saturated carbocycles. The van der Waals surface area contributed by atoms with Crippen molar-refractivity contribution in [3.8, 4) is 11.1 Å². The van der Waals surface area contributed by atoms with E-state index < -0.39 is 5.97 Å². The van der Waals surface area contributed by atoms with Crippen LogP contribution >= 0.6 is 0 Å². The lowest BCUT2D eigenvalue weighted by Gasteiger charge is -2.37. The molecule has 0 radical (unpaired) electrons. The Morgan fingerprint density at radius 2 is 1.94 bits per heavy atom. The second-order valence-corrected chi connectivity index (χ2v) is 9.75. The Morgan fingerprint density at radius 1 is 1.12 bits per heavy atom. The van der Waals surface area contributed by atoms with Gasteiger partial charge in [0.15, 0.2) is 0 Å². The molecule has 3 aromatic rings. The second-order valence-electron chi connectivity index (χ2n) is 9.75. The number of hydrogen-bond donors (Lipinski definition) is 2. The minimum absolute atomic E-state index is 0.150. The van der Waals surface area contributed by atoms with Gasteiger partial charge in [0.05, 0.1) is 5.92 Å². The van der Waals surface area contributed by atoms with E-state index in [-0.39, 0.29) is 5.92 Å². The number of anilines is 1. The molecule has 170 valence electrons. The van der Waals surface area contributed by atoms with Crippen LogP contribution in [0.25, 0.3) is 27.7 Å². The number of pyridine rings is 1. The van der Waals surface area contributed by atoms with Gasteiger partial charge in [0.2, 0.25) is 0 Å². The summed E-state index contributed by atoms with van der Waals surface area (Å²) < 4.78 is 0. The lowest BCUT2D eigenvalue weighted by molar-refractivity contribution is -0.143. The maximum Gasteiger partial charge on any atom is 0.306 e. The lowest BCUT2D eigenvalue weighted by atomic mass is 9.84.